The molecule has 1 aliphatic heterocycles. The van der Waals surface area contributed by atoms with E-state index in [9.17, 15) is 22.8 Å². The predicted molar refractivity (Wildman–Crippen MR) is 85.4 cm³/mol. The number of ether oxygens (including phenoxy) is 1. The molecular weight excluding hydrogens is 339 g/mol. The van der Waals surface area contributed by atoms with Crippen molar-refractivity contribution in [1.82, 2.24) is 10.2 Å². The minimum atomic E-state index is -4.49. The van der Waals surface area contributed by atoms with Gasteiger partial charge in [-0.2, -0.15) is 13.2 Å². The molecule has 6 nitrogen and oxygen atoms in total. The SMILES string of the molecule is CCN(CC)C(=O)NCC1CN(c2cccc(C(F)(F)F)c2)C(=O)O1. The van der Waals surface area contributed by atoms with Gasteiger partial charge >= 0.3 is 18.3 Å². The molecule has 0 aliphatic carbocycles. The van der Waals surface area contributed by atoms with Crippen LogP contribution in [0.4, 0.5) is 28.4 Å². The third-order valence-corrected chi connectivity index (χ3v) is 3.89. The van der Waals surface area contributed by atoms with Crippen molar-refractivity contribution in [1.29, 1.82) is 0 Å². The molecule has 0 radical (unpaired) electrons. The van der Waals surface area contributed by atoms with E-state index in [1.807, 2.05) is 13.8 Å². The molecule has 1 aliphatic rings. The second kappa shape index (κ2) is 7.62. The quantitative estimate of drug-likeness (QED) is 0.879. The molecule has 138 valence electrons. The van der Waals surface area contributed by atoms with Crippen LogP contribution in [0.2, 0.25) is 0 Å². The van der Waals surface area contributed by atoms with Gasteiger partial charge in [0.25, 0.3) is 0 Å². The highest BCUT2D eigenvalue weighted by molar-refractivity contribution is 5.90. The lowest BCUT2D eigenvalue weighted by Crippen LogP contribution is -2.43. The van der Waals surface area contributed by atoms with Gasteiger partial charge in [-0.25, -0.2) is 9.59 Å². The first-order chi connectivity index (χ1) is 11.8. The first-order valence-electron chi connectivity index (χ1n) is 7.94. The molecule has 0 aromatic heterocycles. The molecule has 1 fully saturated rings. The van der Waals surface area contributed by atoms with Crippen LogP contribution in [0.15, 0.2) is 24.3 Å². The normalized spacial score (nSPS) is 17.4. The first kappa shape index (κ1) is 18.9. The standard InChI is InChI=1S/C16H20F3N3O3/c1-3-21(4-2)14(23)20-9-13-10-22(15(24)25-13)12-7-5-6-11(8-12)16(17,18)19/h5-8,13H,3-4,9-10H2,1-2H3,(H,20,23). The van der Waals surface area contributed by atoms with Gasteiger partial charge in [-0.3, -0.25) is 4.90 Å². The van der Waals surface area contributed by atoms with Gasteiger partial charge in [0.2, 0.25) is 0 Å². The summed E-state index contributed by atoms with van der Waals surface area (Å²) in [5.41, 5.74) is -0.728. The Labute approximate surface area is 143 Å². The third-order valence-electron chi connectivity index (χ3n) is 3.89. The van der Waals surface area contributed by atoms with Crippen molar-refractivity contribution in [2.45, 2.75) is 26.1 Å². The van der Waals surface area contributed by atoms with Crippen LogP contribution in [0.1, 0.15) is 19.4 Å². The number of cyclic esters (lactones) is 1. The third kappa shape index (κ3) is 4.55. The van der Waals surface area contributed by atoms with Gasteiger partial charge < -0.3 is 15.0 Å². The van der Waals surface area contributed by atoms with Crippen molar-refractivity contribution in [3.63, 3.8) is 0 Å². The van der Waals surface area contributed by atoms with Crippen LogP contribution in [0.25, 0.3) is 0 Å². The van der Waals surface area contributed by atoms with E-state index < -0.39 is 23.9 Å². The number of benzene rings is 1. The number of nitrogens with one attached hydrogen (secondary N) is 1. The van der Waals surface area contributed by atoms with Gasteiger partial charge in [-0.15, -0.1) is 0 Å². The molecule has 3 amide bonds. The summed E-state index contributed by atoms with van der Waals surface area (Å²) in [6, 6.07) is 4.21. The average molecular weight is 359 g/mol. The fourth-order valence-corrected chi connectivity index (χ4v) is 2.51. The fourth-order valence-electron chi connectivity index (χ4n) is 2.51. The Hall–Kier alpha value is -2.45. The van der Waals surface area contributed by atoms with Gasteiger partial charge in [-0.05, 0) is 32.0 Å². The molecule has 0 spiro atoms. The number of urea groups is 1. The Morgan fingerprint density at radius 1 is 1.36 bits per heavy atom. The summed E-state index contributed by atoms with van der Waals surface area (Å²) in [5, 5.41) is 2.66. The summed E-state index contributed by atoms with van der Waals surface area (Å²) in [6.07, 6.45) is -5.85. The molecule has 25 heavy (non-hydrogen) atoms. The van der Waals surface area contributed by atoms with Crippen LogP contribution in [-0.2, 0) is 10.9 Å². The predicted octanol–water partition coefficient (Wildman–Crippen LogP) is 3.08. The van der Waals surface area contributed by atoms with Gasteiger partial charge in [0, 0.05) is 18.8 Å². The zero-order valence-corrected chi connectivity index (χ0v) is 14.0. The van der Waals surface area contributed by atoms with E-state index in [0.29, 0.717) is 13.1 Å². The van der Waals surface area contributed by atoms with Crippen LogP contribution < -0.4 is 10.2 Å². The maximum atomic E-state index is 12.8. The van der Waals surface area contributed by atoms with E-state index in [1.165, 1.54) is 12.1 Å². The Morgan fingerprint density at radius 2 is 2.04 bits per heavy atom. The van der Waals surface area contributed by atoms with Crippen LogP contribution in [0, 0.1) is 0 Å². The number of amides is 3. The van der Waals surface area contributed by atoms with E-state index in [4.69, 9.17) is 4.74 Å². The molecule has 2 rings (SSSR count). The van der Waals surface area contributed by atoms with Crippen LogP contribution >= 0.6 is 0 Å². The highest BCUT2D eigenvalue weighted by atomic mass is 19.4. The zero-order valence-electron chi connectivity index (χ0n) is 14.0. The average Bonchev–Trinajstić information content (AvgIpc) is 2.94. The number of hydrogen-bond acceptors (Lipinski definition) is 3. The molecule has 1 aromatic rings. The van der Waals surface area contributed by atoms with E-state index >= 15 is 0 Å². The number of anilines is 1. The smallest absolute Gasteiger partial charge is 0.416 e. The van der Waals surface area contributed by atoms with Crippen LogP contribution in [0.5, 0.6) is 0 Å². The van der Waals surface area contributed by atoms with Gasteiger partial charge in [0.1, 0.15) is 6.10 Å². The molecule has 1 saturated heterocycles. The van der Waals surface area contributed by atoms with Crippen molar-refractivity contribution in [3.8, 4) is 0 Å². The number of rotatable bonds is 5. The minimum absolute atomic E-state index is 0.0681. The lowest BCUT2D eigenvalue weighted by Gasteiger charge is -2.20. The van der Waals surface area contributed by atoms with Crippen molar-refractivity contribution in [2.24, 2.45) is 0 Å². The van der Waals surface area contributed by atoms with Crippen molar-refractivity contribution in [2.75, 3.05) is 31.1 Å². The summed E-state index contributed by atoms with van der Waals surface area (Å²) < 4.78 is 43.5. The highest BCUT2D eigenvalue weighted by Crippen LogP contribution is 2.32. The molecule has 1 atom stereocenters. The molecule has 9 heteroatoms. The number of nitrogens with zero attached hydrogens (tertiary/aromatic N) is 2. The second-order valence-electron chi connectivity index (χ2n) is 5.52. The topological polar surface area (TPSA) is 61.9 Å². The highest BCUT2D eigenvalue weighted by Gasteiger charge is 2.35. The Kier molecular flexibility index (Phi) is 5.76. The number of alkyl halides is 3. The van der Waals surface area contributed by atoms with E-state index in [-0.39, 0.29) is 24.8 Å². The first-order valence-corrected chi connectivity index (χ1v) is 7.94. The largest absolute Gasteiger partial charge is 0.442 e. The lowest BCUT2D eigenvalue weighted by atomic mass is 10.2. The number of carbonyl (C=O) groups excluding carboxylic acids is 2. The Bertz CT molecular complexity index is 633. The lowest BCUT2D eigenvalue weighted by molar-refractivity contribution is -0.137. The van der Waals surface area contributed by atoms with Gasteiger partial charge in [0.15, 0.2) is 0 Å². The fraction of sp³-hybridized carbons (Fsp3) is 0.500. The Balaban J connectivity index is 2.00. The van der Waals surface area contributed by atoms with Crippen LogP contribution in [-0.4, -0.2) is 49.3 Å². The summed E-state index contributed by atoms with van der Waals surface area (Å²) in [6.45, 7) is 4.93. The summed E-state index contributed by atoms with van der Waals surface area (Å²) in [5.74, 6) is 0. The molecule has 1 aromatic carbocycles. The van der Waals surface area contributed by atoms with Gasteiger partial charge in [0.05, 0.1) is 18.7 Å². The molecule has 0 bridgehead atoms. The van der Waals surface area contributed by atoms with Crippen molar-refractivity contribution in [3.05, 3.63) is 29.8 Å². The van der Waals surface area contributed by atoms with E-state index in [0.717, 1.165) is 17.0 Å². The minimum Gasteiger partial charge on any atom is -0.442 e. The monoisotopic (exact) mass is 359 g/mol. The number of carbonyl (C=O) groups is 2. The summed E-state index contributed by atoms with van der Waals surface area (Å²) >= 11 is 0. The van der Waals surface area contributed by atoms with E-state index in [2.05, 4.69) is 5.32 Å². The molecular formula is C16H20F3N3O3. The zero-order chi connectivity index (χ0) is 18.6. The van der Waals surface area contributed by atoms with E-state index in [1.54, 1.807) is 4.90 Å². The van der Waals surface area contributed by atoms with Gasteiger partial charge in [-0.1, -0.05) is 6.07 Å². The second-order valence-corrected chi connectivity index (χ2v) is 5.52. The van der Waals surface area contributed by atoms with Crippen molar-refractivity contribution >= 4 is 17.8 Å². The summed E-state index contributed by atoms with van der Waals surface area (Å²) in [7, 11) is 0. The molecule has 1 N–H and O–H groups in total. The Morgan fingerprint density at radius 3 is 2.64 bits per heavy atom. The molecule has 0 saturated carbocycles. The summed E-state index contributed by atoms with van der Waals surface area (Å²) in [4.78, 5) is 26.5. The number of hydrogen-bond donors (Lipinski definition) is 1. The van der Waals surface area contributed by atoms with Crippen molar-refractivity contribution < 1.29 is 27.5 Å². The maximum Gasteiger partial charge on any atom is 0.416 e. The van der Waals surface area contributed by atoms with Crippen LogP contribution in [0.3, 0.4) is 0 Å². The maximum absolute atomic E-state index is 12.8. The molecule has 1 heterocycles. The molecule has 1 unspecified atom stereocenters. The number of halogens is 3.